The van der Waals surface area contributed by atoms with Gasteiger partial charge in [-0.2, -0.15) is 4.98 Å². The van der Waals surface area contributed by atoms with Crippen molar-refractivity contribution in [2.24, 2.45) is 0 Å². The molecule has 4 nitrogen and oxygen atoms in total. The van der Waals surface area contributed by atoms with E-state index >= 15 is 0 Å². The number of aryl methyl sites for hydroxylation is 1. The molecule has 96 valence electrons. The van der Waals surface area contributed by atoms with Crippen LogP contribution in [0.4, 0.5) is 0 Å². The van der Waals surface area contributed by atoms with Crippen LogP contribution in [0.2, 0.25) is 0 Å². The Hall–Kier alpha value is -1.20. The van der Waals surface area contributed by atoms with Crippen molar-refractivity contribution in [1.29, 1.82) is 0 Å². The van der Waals surface area contributed by atoms with Crippen LogP contribution >= 0.6 is 15.9 Å². The third-order valence-corrected chi connectivity index (χ3v) is 3.45. The average Bonchev–Trinajstić information content (AvgIpc) is 2.75. The molecule has 2 aromatic rings. The Kier molecular flexibility index (Phi) is 4.49. The molecule has 0 saturated carbocycles. The van der Waals surface area contributed by atoms with E-state index in [0.29, 0.717) is 11.7 Å². The van der Waals surface area contributed by atoms with Crippen LogP contribution in [-0.2, 0) is 6.42 Å². The van der Waals surface area contributed by atoms with Gasteiger partial charge in [-0.05, 0) is 25.5 Å². The maximum absolute atomic E-state index is 5.07. The minimum atomic E-state index is 0.282. The second-order valence-corrected chi connectivity index (χ2v) is 5.04. The molecule has 1 unspecified atom stereocenters. The Balaban J connectivity index is 1.85. The number of halogens is 1. The Morgan fingerprint density at radius 3 is 2.83 bits per heavy atom. The van der Waals surface area contributed by atoms with E-state index in [0.717, 1.165) is 17.4 Å². The third kappa shape index (κ3) is 3.40. The largest absolute Gasteiger partial charge is 0.339 e. The molecule has 0 radical (unpaired) electrons. The summed E-state index contributed by atoms with van der Waals surface area (Å²) in [4.78, 5) is 4.17. The van der Waals surface area contributed by atoms with Gasteiger partial charge in [-0.25, -0.2) is 0 Å². The first-order chi connectivity index (χ1) is 8.66. The van der Waals surface area contributed by atoms with Crippen molar-refractivity contribution < 1.29 is 4.52 Å². The highest BCUT2D eigenvalue weighted by Gasteiger charge is 2.09. The molecule has 0 aliphatic rings. The highest BCUT2D eigenvalue weighted by Crippen LogP contribution is 2.22. The summed E-state index contributed by atoms with van der Waals surface area (Å²) in [5.41, 5.74) is 1.25. The first kappa shape index (κ1) is 13.2. The minimum Gasteiger partial charge on any atom is -0.339 e. The fraction of sp³-hybridized carbons (Fsp3) is 0.385. The zero-order chi connectivity index (χ0) is 13.0. The van der Waals surface area contributed by atoms with Gasteiger partial charge in [0.25, 0.3) is 0 Å². The second kappa shape index (κ2) is 6.11. The Labute approximate surface area is 115 Å². The summed E-state index contributed by atoms with van der Waals surface area (Å²) in [6.07, 6.45) is 0.746. The van der Waals surface area contributed by atoms with Crippen molar-refractivity contribution >= 4 is 15.9 Å². The van der Waals surface area contributed by atoms with Crippen molar-refractivity contribution in [1.82, 2.24) is 15.5 Å². The fourth-order valence-electron chi connectivity index (χ4n) is 1.77. The van der Waals surface area contributed by atoms with Crippen molar-refractivity contribution in [3.05, 3.63) is 46.0 Å². The molecular weight excluding hydrogens is 294 g/mol. The van der Waals surface area contributed by atoms with Gasteiger partial charge in [0, 0.05) is 23.5 Å². The van der Waals surface area contributed by atoms with Gasteiger partial charge in [0.2, 0.25) is 5.89 Å². The van der Waals surface area contributed by atoms with Crippen LogP contribution in [0.3, 0.4) is 0 Å². The lowest BCUT2D eigenvalue weighted by Crippen LogP contribution is -2.21. The molecule has 0 aliphatic heterocycles. The Morgan fingerprint density at radius 2 is 2.17 bits per heavy atom. The summed E-state index contributed by atoms with van der Waals surface area (Å²) < 4.78 is 6.19. The van der Waals surface area contributed by atoms with E-state index in [1.54, 1.807) is 0 Å². The zero-order valence-corrected chi connectivity index (χ0v) is 12.1. The van der Waals surface area contributed by atoms with Crippen LogP contribution in [0.1, 0.15) is 30.2 Å². The monoisotopic (exact) mass is 309 g/mol. The van der Waals surface area contributed by atoms with Crippen LogP contribution < -0.4 is 5.32 Å². The number of nitrogens with one attached hydrogen (secondary N) is 1. The van der Waals surface area contributed by atoms with Crippen LogP contribution in [0, 0.1) is 6.92 Å². The fourth-order valence-corrected chi connectivity index (χ4v) is 2.40. The Morgan fingerprint density at radius 1 is 1.39 bits per heavy atom. The molecule has 0 amide bonds. The van der Waals surface area contributed by atoms with E-state index < -0.39 is 0 Å². The number of hydrogen-bond donors (Lipinski definition) is 1. The van der Waals surface area contributed by atoms with Gasteiger partial charge in [-0.1, -0.05) is 39.3 Å². The Bertz CT molecular complexity index is 512. The van der Waals surface area contributed by atoms with Gasteiger partial charge >= 0.3 is 0 Å². The van der Waals surface area contributed by atoms with Gasteiger partial charge in [0.15, 0.2) is 5.82 Å². The van der Waals surface area contributed by atoms with Gasteiger partial charge in [0.05, 0.1) is 0 Å². The smallest absolute Gasteiger partial charge is 0.227 e. The quantitative estimate of drug-likeness (QED) is 0.922. The summed E-state index contributed by atoms with van der Waals surface area (Å²) in [5, 5.41) is 7.20. The molecule has 0 aliphatic carbocycles. The van der Waals surface area contributed by atoms with Crippen molar-refractivity contribution in [3.63, 3.8) is 0 Å². The maximum atomic E-state index is 5.07. The van der Waals surface area contributed by atoms with E-state index in [9.17, 15) is 0 Å². The van der Waals surface area contributed by atoms with Crippen molar-refractivity contribution in [3.8, 4) is 0 Å². The summed E-state index contributed by atoms with van der Waals surface area (Å²) in [7, 11) is 0. The first-order valence-corrected chi connectivity index (χ1v) is 6.73. The van der Waals surface area contributed by atoms with E-state index in [1.165, 1.54) is 5.56 Å². The van der Waals surface area contributed by atoms with E-state index in [2.05, 4.69) is 50.4 Å². The molecule has 1 atom stereocenters. The molecule has 18 heavy (non-hydrogen) atoms. The third-order valence-electron chi connectivity index (χ3n) is 2.73. The topological polar surface area (TPSA) is 51.0 Å². The molecule has 1 aromatic carbocycles. The maximum Gasteiger partial charge on any atom is 0.227 e. The summed E-state index contributed by atoms with van der Waals surface area (Å²) >= 11 is 3.56. The molecule has 2 rings (SSSR count). The van der Waals surface area contributed by atoms with Crippen molar-refractivity contribution in [2.45, 2.75) is 26.3 Å². The number of nitrogens with zero attached hydrogens (tertiary/aromatic N) is 2. The van der Waals surface area contributed by atoms with E-state index in [-0.39, 0.29) is 6.04 Å². The molecular formula is C13H16BrN3O. The second-order valence-electron chi connectivity index (χ2n) is 4.18. The number of hydrogen-bond acceptors (Lipinski definition) is 4. The molecule has 0 spiro atoms. The number of rotatable bonds is 5. The summed E-state index contributed by atoms with van der Waals surface area (Å²) in [6.45, 7) is 4.77. The molecule has 1 aromatic heterocycles. The average molecular weight is 310 g/mol. The normalized spacial score (nSPS) is 12.6. The van der Waals surface area contributed by atoms with Gasteiger partial charge in [-0.15, -0.1) is 0 Å². The standard InChI is InChI=1S/C13H16BrN3O/c1-9(11-5-3-4-6-12(11)14)15-8-7-13-16-10(2)17-18-13/h3-6,9,15H,7-8H2,1-2H3. The highest BCUT2D eigenvalue weighted by atomic mass is 79.9. The number of aromatic nitrogens is 2. The molecule has 1 heterocycles. The lowest BCUT2D eigenvalue weighted by molar-refractivity contribution is 0.370. The SMILES string of the molecule is Cc1noc(CCNC(C)c2ccccc2Br)n1. The first-order valence-electron chi connectivity index (χ1n) is 5.94. The summed E-state index contributed by atoms with van der Waals surface area (Å²) in [5.74, 6) is 1.36. The molecule has 5 heteroatoms. The van der Waals surface area contributed by atoms with E-state index in [1.807, 2.05) is 19.1 Å². The van der Waals surface area contributed by atoms with Crippen molar-refractivity contribution in [2.75, 3.05) is 6.54 Å². The molecule has 0 fully saturated rings. The van der Waals surface area contributed by atoms with Crippen LogP contribution in [0.15, 0.2) is 33.3 Å². The van der Waals surface area contributed by atoms with Gasteiger partial charge < -0.3 is 9.84 Å². The predicted molar refractivity (Wildman–Crippen MR) is 73.3 cm³/mol. The number of benzene rings is 1. The lowest BCUT2D eigenvalue weighted by Gasteiger charge is -2.14. The molecule has 0 saturated heterocycles. The minimum absolute atomic E-state index is 0.282. The molecule has 0 bridgehead atoms. The van der Waals surface area contributed by atoms with Gasteiger partial charge in [0.1, 0.15) is 0 Å². The molecule has 1 N–H and O–H groups in total. The zero-order valence-electron chi connectivity index (χ0n) is 10.5. The highest BCUT2D eigenvalue weighted by molar-refractivity contribution is 9.10. The van der Waals surface area contributed by atoms with Crippen LogP contribution in [-0.4, -0.2) is 16.7 Å². The lowest BCUT2D eigenvalue weighted by atomic mass is 10.1. The van der Waals surface area contributed by atoms with Crippen LogP contribution in [0.25, 0.3) is 0 Å². The van der Waals surface area contributed by atoms with E-state index in [4.69, 9.17) is 4.52 Å². The summed E-state index contributed by atoms with van der Waals surface area (Å²) in [6, 6.07) is 8.50. The van der Waals surface area contributed by atoms with Gasteiger partial charge in [-0.3, -0.25) is 0 Å². The predicted octanol–water partition coefficient (Wildman–Crippen LogP) is 3.03. The van der Waals surface area contributed by atoms with Crippen LogP contribution in [0.5, 0.6) is 0 Å².